The topological polar surface area (TPSA) is 103 Å². The van der Waals surface area contributed by atoms with Crippen LogP contribution in [0.5, 0.6) is 23.0 Å². The van der Waals surface area contributed by atoms with Crippen LogP contribution in [0.25, 0.3) is 0 Å². The first kappa shape index (κ1) is 22.8. The Labute approximate surface area is 203 Å². The number of nitrogens with zero attached hydrogens (tertiary/aromatic N) is 1. The summed E-state index contributed by atoms with van der Waals surface area (Å²) >= 11 is 0. The molecule has 1 aliphatic heterocycles. The number of Topliss-reactive ketones (excluding diaryl/α,β-unsaturated/α-hetero) is 1. The zero-order chi connectivity index (χ0) is 24.7. The Morgan fingerprint density at radius 1 is 1.06 bits per heavy atom. The third kappa shape index (κ3) is 3.88. The number of aromatic hydroxyl groups is 1. The molecular formula is C27H28N2O6. The van der Waals surface area contributed by atoms with Crippen LogP contribution in [0.15, 0.2) is 52.2 Å². The van der Waals surface area contributed by atoms with Gasteiger partial charge in [-0.1, -0.05) is 17.3 Å². The van der Waals surface area contributed by atoms with Crippen molar-refractivity contribution in [3.8, 4) is 23.0 Å². The van der Waals surface area contributed by atoms with Crippen molar-refractivity contribution >= 4 is 11.7 Å². The standard InChI is InChI=1S/C27H28N2O6/c1-5-34-22-13-16(6-8-19(22)30)25-24-14(2)29-35-27(24)28-18-10-17(11-20(31)26(18)25)15-7-9-21(32-3)23(12-15)33-4/h6-9,12-13,17,25,28,30H,5,10-11H2,1-4H3. The van der Waals surface area contributed by atoms with Gasteiger partial charge in [-0.25, -0.2) is 0 Å². The molecule has 5 rings (SSSR count). The molecule has 1 aliphatic carbocycles. The number of aromatic nitrogens is 1. The summed E-state index contributed by atoms with van der Waals surface area (Å²) in [7, 11) is 3.20. The predicted octanol–water partition coefficient (Wildman–Crippen LogP) is 5.06. The van der Waals surface area contributed by atoms with E-state index in [1.807, 2.05) is 38.1 Å². The highest BCUT2D eigenvalue weighted by molar-refractivity contribution is 6.01. The van der Waals surface area contributed by atoms with Crippen molar-refractivity contribution in [3.63, 3.8) is 0 Å². The van der Waals surface area contributed by atoms with E-state index in [4.69, 9.17) is 18.7 Å². The number of nitrogens with one attached hydrogen (secondary N) is 1. The number of carbonyl (C=O) groups excluding carboxylic acids is 1. The summed E-state index contributed by atoms with van der Waals surface area (Å²) in [5.41, 5.74) is 4.91. The molecule has 8 nitrogen and oxygen atoms in total. The zero-order valence-corrected chi connectivity index (χ0v) is 20.2. The molecule has 2 N–H and O–H groups in total. The van der Waals surface area contributed by atoms with E-state index >= 15 is 0 Å². The molecule has 2 unspecified atom stereocenters. The molecule has 2 aromatic carbocycles. The van der Waals surface area contributed by atoms with E-state index in [2.05, 4.69) is 10.5 Å². The first-order valence-electron chi connectivity index (χ1n) is 11.6. The van der Waals surface area contributed by atoms with Crippen molar-refractivity contribution in [3.05, 3.63) is 70.1 Å². The molecule has 8 heteroatoms. The van der Waals surface area contributed by atoms with Gasteiger partial charge >= 0.3 is 0 Å². The van der Waals surface area contributed by atoms with Crippen molar-refractivity contribution in [2.75, 3.05) is 26.1 Å². The van der Waals surface area contributed by atoms with Gasteiger partial charge in [-0.05, 0) is 61.6 Å². The average molecular weight is 477 g/mol. The molecule has 3 aromatic rings. The Morgan fingerprint density at radius 2 is 1.80 bits per heavy atom. The highest BCUT2D eigenvalue weighted by Gasteiger charge is 2.41. The van der Waals surface area contributed by atoms with Gasteiger partial charge in [0.2, 0.25) is 5.88 Å². The van der Waals surface area contributed by atoms with Crippen LogP contribution in [0.4, 0.5) is 5.88 Å². The van der Waals surface area contributed by atoms with Crippen molar-refractivity contribution < 1.29 is 28.6 Å². The largest absolute Gasteiger partial charge is 0.504 e. The van der Waals surface area contributed by atoms with Crippen LogP contribution in [0.3, 0.4) is 0 Å². The Kier molecular flexibility index (Phi) is 5.88. The van der Waals surface area contributed by atoms with Gasteiger partial charge in [0.15, 0.2) is 28.8 Å². The molecule has 2 atom stereocenters. The van der Waals surface area contributed by atoms with E-state index in [9.17, 15) is 9.90 Å². The zero-order valence-electron chi connectivity index (χ0n) is 20.2. The van der Waals surface area contributed by atoms with E-state index in [0.29, 0.717) is 53.8 Å². The van der Waals surface area contributed by atoms with Crippen LogP contribution in [0, 0.1) is 6.92 Å². The summed E-state index contributed by atoms with van der Waals surface area (Å²) < 4.78 is 22.1. The van der Waals surface area contributed by atoms with Gasteiger partial charge in [-0.2, -0.15) is 0 Å². The first-order valence-corrected chi connectivity index (χ1v) is 11.6. The summed E-state index contributed by atoms with van der Waals surface area (Å²) in [6, 6.07) is 11.0. The lowest BCUT2D eigenvalue weighted by Crippen LogP contribution is -2.29. The van der Waals surface area contributed by atoms with Crippen molar-refractivity contribution in [2.24, 2.45) is 0 Å². The summed E-state index contributed by atoms with van der Waals surface area (Å²) in [6.07, 6.45) is 0.991. The number of rotatable bonds is 6. The van der Waals surface area contributed by atoms with Crippen LogP contribution in [0.1, 0.15) is 54.0 Å². The number of allylic oxidation sites excluding steroid dienone is 2. The second-order valence-electron chi connectivity index (χ2n) is 8.76. The average Bonchev–Trinajstić information content (AvgIpc) is 3.23. The fourth-order valence-electron chi connectivity index (χ4n) is 5.13. The maximum atomic E-state index is 13.7. The van der Waals surface area contributed by atoms with Crippen LogP contribution in [0.2, 0.25) is 0 Å². The van der Waals surface area contributed by atoms with Crippen molar-refractivity contribution in [2.45, 2.75) is 38.5 Å². The maximum absolute atomic E-state index is 13.7. The van der Waals surface area contributed by atoms with E-state index in [1.54, 1.807) is 26.4 Å². The second-order valence-corrected chi connectivity index (χ2v) is 8.76. The highest BCUT2D eigenvalue weighted by Crippen LogP contribution is 2.50. The highest BCUT2D eigenvalue weighted by atomic mass is 16.5. The Hall–Kier alpha value is -3.94. The molecule has 0 fully saturated rings. The van der Waals surface area contributed by atoms with E-state index in [1.165, 1.54) is 0 Å². The number of phenolic OH excluding ortho intramolecular Hbond substituents is 1. The minimum absolute atomic E-state index is 0.0291. The summed E-state index contributed by atoms with van der Waals surface area (Å²) in [5, 5.41) is 17.7. The van der Waals surface area contributed by atoms with Crippen molar-refractivity contribution in [1.82, 2.24) is 5.16 Å². The number of anilines is 1. The Bertz CT molecular complexity index is 1330. The number of benzene rings is 2. The maximum Gasteiger partial charge on any atom is 0.233 e. The lowest BCUT2D eigenvalue weighted by atomic mass is 9.72. The van der Waals surface area contributed by atoms with E-state index in [-0.39, 0.29) is 23.4 Å². The molecular weight excluding hydrogens is 448 g/mol. The third-order valence-electron chi connectivity index (χ3n) is 6.75. The smallest absolute Gasteiger partial charge is 0.233 e. The number of methoxy groups -OCH3 is 2. The molecule has 2 heterocycles. The van der Waals surface area contributed by atoms with Crippen LogP contribution < -0.4 is 19.5 Å². The minimum Gasteiger partial charge on any atom is -0.504 e. The third-order valence-corrected chi connectivity index (χ3v) is 6.75. The lowest BCUT2D eigenvalue weighted by molar-refractivity contribution is -0.116. The van der Waals surface area contributed by atoms with Gasteiger partial charge < -0.3 is 29.2 Å². The van der Waals surface area contributed by atoms with Gasteiger partial charge in [0.25, 0.3) is 0 Å². The SMILES string of the molecule is CCOc1cc(C2C3=C(CC(c4ccc(OC)c(OC)c4)CC3=O)Nc3onc(C)c32)ccc1O. The fraction of sp³-hybridized carbons (Fsp3) is 0.333. The quantitative estimate of drug-likeness (QED) is 0.509. The predicted molar refractivity (Wildman–Crippen MR) is 130 cm³/mol. The van der Waals surface area contributed by atoms with Gasteiger partial charge in [0.05, 0.1) is 32.1 Å². The Balaban J connectivity index is 1.58. The van der Waals surface area contributed by atoms with E-state index in [0.717, 1.165) is 22.4 Å². The normalized spacial score (nSPS) is 19.0. The molecule has 0 spiro atoms. The molecule has 1 aromatic heterocycles. The minimum atomic E-state index is -0.369. The number of phenols is 1. The molecule has 0 amide bonds. The van der Waals surface area contributed by atoms with Crippen LogP contribution in [-0.2, 0) is 4.79 Å². The van der Waals surface area contributed by atoms with Gasteiger partial charge in [0.1, 0.15) is 0 Å². The second kappa shape index (κ2) is 9.02. The fourth-order valence-corrected chi connectivity index (χ4v) is 5.13. The Morgan fingerprint density at radius 3 is 2.54 bits per heavy atom. The monoisotopic (exact) mass is 476 g/mol. The van der Waals surface area contributed by atoms with Gasteiger partial charge in [0, 0.05) is 23.6 Å². The number of ketones is 1. The van der Waals surface area contributed by atoms with Crippen LogP contribution in [-0.4, -0.2) is 36.9 Å². The van der Waals surface area contributed by atoms with Crippen molar-refractivity contribution in [1.29, 1.82) is 0 Å². The first-order chi connectivity index (χ1) is 16.9. The molecule has 35 heavy (non-hydrogen) atoms. The number of ether oxygens (including phenoxy) is 3. The number of hydrogen-bond donors (Lipinski definition) is 2. The lowest BCUT2D eigenvalue weighted by Gasteiger charge is -2.34. The molecule has 0 saturated carbocycles. The van der Waals surface area contributed by atoms with Gasteiger partial charge in [-0.3, -0.25) is 4.79 Å². The molecule has 2 aliphatic rings. The number of fused-ring (bicyclic) bond motifs is 1. The molecule has 0 radical (unpaired) electrons. The summed E-state index contributed by atoms with van der Waals surface area (Å²) in [4.78, 5) is 13.7. The molecule has 182 valence electrons. The summed E-state index contributed by atoms with van der Waals surface area (Å²) in [6.45, 7) is 4.14. The molecule has 0 saturated heterocycles. The van der Waals surface area contributed by atoms with E-state index < -0.39 is 0 Å². The number of hydrogen-bond acceptors (Lipinski definition) is 8. The molecule has 0 bridgehead atoms. The van der Waals surface area contributed by atoms with Gasteiger partial charge in [-0.15, -0.1) is 0 Å². The summed E-state index contributed by atoms with van der Waals surface area (Å²) in [5.74, 6) is 1.92. The number of aryl methyl sites for hydroxylation is 1. The van der Waals surface area contributed by atoms with Crippen LogP contribution >= 0.6 is 0 Å². The number of carbonyl (C=O) groups is 1.